The van der Waals surface area contributed by atoms with E-state index in [1.54, 1.807) is 0 Å². The largest absolute Gasteiger partial charge is 0.756 e. The van der Waals surface area contributed by atoms with Gasteiger partial charge in [0.25, 0.3) is 7.82 Å². The Morgan fingerprint density at radius 1 is 0.500 bits per heavy atom. The average molecular weight is 980 g/mol. The first-order valence-corrected chi connectivity index (χ1v) is 30.3. The highest BCUT2D eigenvalue weighted by molar-refractivity contribution is 7.45. The van der Waals surface area contributed by atoms with Gasteiger partial charge >= 0.3 is 5.97 Å². The molecule has 0 aliphatic heterocycles. The van der Waals surface area contributed by atoms with Crippen molar-refractivity contribution < 1.29 is 37.3 Å². The van der Waals surface area contributed by atoms with Crippen molar-refractivity contribution in [3.05, 3.63) is 36.5 Å². The fourth-order valence-corrected chi connectivity index (χ4v) is 9.00. The predicted octanol–water partition coefficient (Wildman–Crippen LogP) is 16.5. The number of phosphoric ester groups is 1. The molecule has 400 valence electrons. The Morgan fingerprint density at radius 3 is 1.26 bits per heavy atom. The van der Waals surface area contributed by atoms with Crippen LogP contribution in [0.4, 0.5) is 0 Å². The topological polar surface area (TPSA) is 114 Å². The molecule has 3 atom stereocenters. The molecule has 0 heterocycles. The molecule has 10 heteroatoms. The molecule has 1 N–H and O–H groups in total. The van der Waals surface area contributed by atoms with Crippen molar-refractivity contribution in [2.75, 3.05) is 40.9 Å². The summed E-state index contributed by atoms with van der Waals surface area (Å²) in [6.07, 6.45) is 56.7. The van der Waals surface area contributed by atoms with Crippen molar-refractivity contribution in [2.45, 2.75) is 283 Å². The maximum absolute atomic E-state index is 13.5. The van der Waals surface area contributed by atoms with Gasteiger partial charge in [0.2, 0.25) is 5.91 Å². The van der Waals surface area contributed by atoms with Crippen molar-refractivity contribution in [1.82, 2.24) is 5.32 Å². The van der Waals surface area contributed by atoms with Crippen molar-refractivity contribution >= 4 is 19.7 Å². The summed E-state index contributed by atoms with van der Waals surface area (Å²) in [5, 5.41) is 3.01. The summed E-state index contributed by atoms with van der Waals surface area (Å²) in [5.41, 5.74) is 0. The maximum Gasteiger partial charge on any atom is 0.306 e. The molecule has 0 bridgehead atoms. The number of nitrogens with one attached hydrogen (secondary N) is 1. The Morgan fingerprint density at radius 2 is 0.853 bits per heavy atom. The minimum atomic E-state index is -4.69. The van der Waals surface area contributed by atoms with E-state index < -0.39 is 26.6 Å². The number of hydrogen-bond acceptors (Lipinski definition) is 7. The summed E-state index contributed by atoms with van der Waals surface area (Å²) in [6.45, 7) is 6.83. The molecule has 3 unspecified atom stereocenters. The van der Waals surface area contributed by atoms with Crippen LogP contribution >= 0.6 is 7.82 Å². The van der Waals surface area contributed by atoms with E-state index in [4.69, 9.17) is 13.8 Å². The van der Waals surface area contributed by atoms with Crippen LogP contribution in [0.15, 0.2) is 36.5 Å². The lowest BCUT2D eigenvalue weighted by molar-refractivity contribution is -0.870. The molecule has 0 saturated carbocycles. The number of esters is 1. The lowest BCUT2D eigenvalue weighted by Crippen LogP contribution is -2.47. The zero-order chi connectivity index (χ0) is 50.1. The van der Waals surface area contributed by atoms with Gasteiger partial charge in [0.05, 0.1) is 33.8 Å². The Bertz CT molecular complexity index is 1270. The van der Waals surface area contributed by atoms with E-state index in [-0.39, 0.29) is 24.9 Å². The van der Waals surface area contributed by atoms with Crippen molar-refractivity contribution in [3.63, 3.8) is 0 Å². The van der Waals surface area contributed by atoms with E-state index in [1.165, 1.54) is 148 Å². The fraction of sp³-hybridized carbons (Fsp3) is 0.862. The second-order valence-corrected chi connectivity index (χ2v) is 22.2. The van der Waals surface area contributed by atoms with Crippen LogP contribution in [0.3, 0.4) is 0 Å². The summed E-state index contributed by atoms with van der Waals surface area (Å²) in [6, 6.07) is -0.895. The number of unbranched alkanes of at least 4 members (excludes halogenated alkanes) is 32. The van der Waals surface area contributed by atoms with E-state index in [0.29, 0.717) is 23.9 Å². The molecule has 68 heavy (non-hydrogen) atoms. The van der Waals surface area contributed by atoms with Gasteiger partial charge in [-0.25, -0.2) is 0 Å². The number of nitrogens with zero attached hydrogens (tertiary/aromatic N) is 1. The van der Waals surface area contributed by atoms with Crippen LogP contribution in [-0.2, 0) is 27.9 Å². The van der Waals surface area contributed by atoms with Crippen molar-refractivity contribution in [3.8, 4) is 0 Å². The molecule has 0 aromatic heterocycles. The second-order valence-electron chi connectivity index (χ2n) is 20.8. The van der Waals surface area contributed by atoms with E-state index in [0.717, 1.165) is 83.5 Å². The van der Waals surface area contributed by atoms with Crippen LogP contribution in [0.25, 0.3) is 0 Å². The summed E-state index contributed by atoms with van der Waals surface area (Å²) in [7, 11) is 1.18. The van der Waals surface area contributed by atoms with Crippen LogP contribution in [-0.4, -0.2) is 69.4 Å². The first-order chi connectivity index (χ1) is 32.9. The molecule has 1 amide bonds. The monoisotopic (exact) mass is 979 g/mol. The highest BCUT2D eigenvalue weighted by atomic mass is 31.2. The van der Waals surface area contributed by atoms with E-state index in [2.05, 4.69) is 50.4 Å². The van der Waals surface area contributed by atoms with Gasteiger partial charge in [0.1, 0.15) is 19.3 Å². The molecule has 0 saturated heterocycles. The third kappa shape index (κ3) is 49.2. The standard InChI is InChI=1S/C58H111N2O7P/c1-7-10-13-16-19-22-25-28-29-30-33-35-38-41-44-47-50-57(61)59-55(54-66-68(63,64)65-53-52-60(4,5)6)56(49-46-43-40-37-34-31-26-23-20-17-14-11-8-2)67-58(62)51-48-45-42-39-36-32-27-24-21-18-15-12-9-3/h29-30,32,36,46,49,55-56H,7-28,31,33-35,37-45,47-48,50-54H2,1-6H3,(H-,59,61,63,64)/b30-29+,36-32-,49-46+. The quantitative estimate of drug-likeness (QED) is 0.0212. The molecule has 0 aliphatic rings. The lowest BCUT2D eigenvalue weighted by Gasteiger charge is -2.30. The van der Waals surface area contributed by atoms with Gasteiger partial charge in [-0.3, -0.25) is 14.2 Å². The summed E-state index contributed by atoms with van der Waals surface area (Å²) in [4.78, 5) is 39.8. The van der Waals surface area contributed by atoms with Crippen LogP contribution in [0.1, 0.15) is 271 Å². The van der Waals surface area contributed by atoms with Gasteiger partial charge in [-0.2, -0.15) is 0 Å². The van der Waals surface area contributed by atoms with Crippen molar-refractivity contribution in [2.24, 2.45) is 0 Å². The van der Waals surface area contributed by atoms with Gasteiger partial charge in [-0.05, 0) is 83.1 Å². The smallest absolute Gasteiger partial charge is 0.306 e. The fourth-order valence-electron chi connectivity index (χ4n) is 8.28. The van der Waals surface area contributed by atoms with Gasteiger partial charge < -0.3 is 28.5 Å². The van der Waals surface area contributed by atoms with Gasteiger partial charge in [-0.1, -0.05) is 212 Å². The van der Waals surface area contributed by atoms with Crippen molar-refractivity contribution in [1.29, 1.82) is 0 Å². The molecule has 0 spiro atoms. The molecule has 0 fully saturated rings. The Kier molecular flexibility index (Phi) is 47.6. The van der Waals surface area contributed by atoms with Gasteiger partial charge in [0.15, 0.2) is 0 Å². The average Bonchev–Trinajstić information content (AvgIpc) is 3.29. The van der Waals surface area contributed by atoms with Crippen LogP contribution in [0, 0.1) is 0 Å². The minimum Gasteiger partial charge on any atom is -0.756 e. The van der Waals surface area contributed by atoms with E-state index >= 15 is 0 Å². The number of ether oxygens (including phenoxy) is 1. The SMILES string of the molecule is CCCCCCCC/C=C\CCCCCC(=O)OC(/C=C/CCCCCCCCCCCCC)C(COP(=O)([O-])OCC[N+](C)(C)C)NC(=O)CCCCCCC/C=C/CCCCCCCCC. The number of carbonyl (C=O) groups excluding carboxylic acids is 2. The number of phosphoric acid groups is 1. The number of carbonyl (C=O) groups is 2. The molecule has 0 aromatic rings. The molecule has 0 aliphatic carbocycles. The molecule has 9 nitrogen and oxygen atoms in total. The first kappa shape index (κ1) is 66.2. The number of allylic oxidation sites excluding steroid dienone is 5. The Hall–Kier alpha value is -1.77. The number of rotatable bonds is 52. The normalized spacial score (nSPS) is 14.0. The number of quaternary nitrogens is 1. The first-order valence-electron chi connectivity index (χ1n) is 28.8. The highest BCUT2D eigenvalue weighted by Crippen LogP contribution is 2.38. The van der Waals surface area contributed by atoms with E-state index in [1.807, 2.05) is 33.3 Å². The molecule has 0 aromatic carbocycles. The third-order valence-corrected chi connectivity index (χ3v) is 13.8. The summed E-state index contributed by atoms with van der Waals surface area (Å²) >= 11 is 0. The van der Waals surface area contributed by atoms with Crippen LogP contribution in [0.5, 0.6) is 0 Å². The lowest BCUT2D eigenvalue weighted by atomic mass is 10.0. The molecular weight excluding hydrogens is 868 g/mol. The predicted molar refractivity (Wildman–Crippen MR) is 289 cm³/mol. The van der Waals surface area contributed by atoms with Gasteiger partial charge in [0, 0.05) is 12.8 Å². The number of amides is 1. The summed E-state index contributed by atoms with van der Waals surface area (Å²) in [5.74, 6) is -0.563. The highest BCUT2D eigenvalue weighted by Gasteiger charge is 2.27. The van der Waals surface area contributed by atoms with Crippen LogP contribution < -0.4 is 10.2 Å². The van der Waals surface area contributed by atoms with Gasteiger partial charge in [-0.15, -0.1) is 0 Å². The molecule has 0 rings (SSSR count). The van der Waals surface area contributed by atoms with E-state index in [9.17, 15) is 19.0 Å². The number of hydrogen-bond donors (Lipinski definition) is 1. The third-order valence-electron chi connectivity index (χ3n) is 12.8. The zero-order valence-corrected chi connectivity index (χ0v) is 46.5. The number of likely N-dealkylation sites (N-methyl/N-ethyl adjacent to an activating group) is 1. The Labute approximate surface area is 421 Å². The Balaban J connectivity index is 5.39. The zero-order valence-electron chi connectivity index (χ0n) is 45.6. The second kappa shape index (κ2) is 48.8. The van der Waals surface area contributed by atoms with Crippen LogP contribution in [0.2, 0.25) is 0 Å². The minimum absolute atomic E-state index is 0.0248. The maximum atomic E-state index is 13.5. The molecule has 0 radical (unpaired) electrons. The summed E-state index contributed by atoms with van der Waals surface area (Å²) < 4.78 is 30.2. The molecular formula is C58H111N2O7P.